The van der Waals surface area contributed by atoms with Crippen LogP contribution in [0.5, 0.6) is 5.75 Å². The summed E-state index contributed by atoms with van der Waals surface area (Å²) >= 11 is 3.38. The monoisotopic (exact) mass is 287 g/mol. The van der Waals surface area contributed by atoms with Crippen molar-refractivity contribution in [3.05, 3.63) is 28.2 Å². The van der Waals surface area contributed by atoms with Crippen molar-refractivity contribution in [3.8, 4) is 5.75 Å². The molecule has 0 heterocycles. The van der Waals surface area contributed by atoms with E-state index in [1.165, 1.54) is 7.11 Å². The van der Waals surface area contributed by atoms with Crippen LogP contribution >= 0.6 is 15.9 Å². The first kappa shape index (κ1) is 13.0. The first-order valence-corrected chi connectivity index (χ1v) is 5.55. The van der Waals surface area contributed by atoms with E-state index in [-0.39, 0.29) is 6.61 Å². The fraction of sp³-hybridized carbons (Fsp3) is 0.364. The highest BCUT2D eigenvalue weighted by Crippen LogP contribution is 2.22. The topological polar surface area (TPSA) is 61.6 Å². The Kier molecular flexibility index (Phi) is 4.76. The SMILES string of the molecule is COCC(Oc1ccc(Br)c(C)c1)C(N)=O. The van der Waals surface area contributed by atoms with Gasteiger partial charge >= 0.3 is 0 Å². The Balaban J connectivity index is 2.77. The summed E-state index contributed by atoms with van der Waals surface area (Å²) in [5.74, 6) is 0.0592. The fourth-order valence-electron chi connectivity index (χ4n) is 1.18. The second-order valence-corrected chi connectivity index (χ2v) is 4.23. The van der Waals surface area contributed by atoms with Gasteiger partial charge in [-0.05, 0) is 30.7 Å². The molecule has 0 aromatic heterocycles. The highest BCUT2D eigenvalue weighted by Gasteiger charge is 2.17. The zero-order valence-electron chi connectivity index (χ0n) is 9.20. The molecule has 0 aliphatic heterocycles. The summed E-state index contributed by atoms with van der Waals surface area (Å²) in [5.41, 5.74) is 6.21. The third kappa shape index (κ3) is 3.50. The second kappa shape index (κ2) is 5.86. The van der Waals surface area contributed by atoms with Gasteiger partial charge in [-0.2, -0.15) is 0 Å². The van der Waals surface area contributed by atoms with E-state index in [2.05, 4.69) is 15.9 Å². The lowest BCUT2D eigenvalue weighted by Gasteiger charge is -2.15. The van der Waals surface area contributed by atoms with Crippen LogP contribution in [0.4, 0.5) is 0 Å². The van der Waals surface area contributed by atoms with Gasteiger partial charge in [-0.3, -0.25) is 4.79 Å². The third-order valence-electron chi connectivity index (χ3n) is 2.04. The second-order valence-electron chi connectivity index (χ2n) is 3.38. The lowest BCUT2D eigenvalue weighted by Crippen LogP contribution is -2.37. The number of ether oxygens (including phenoxy) is 2. The maximum absolute atomic E-state index is 11.1. The molecule has 1 rings (SSSR count). The van der Waals surface area contributed by atoms with E-state index in [1.807, 2.05) is 19.1 Å². The number of halogens is 1. The summed E-state index contributed by atoms with van der Waals surface area (Å²) < 4.78 is 11.3. The van der Waals surface area contributed by atoms with Crippen molar-refractivity contribution in [2.24, 2.45) is 5.73 Å². The van der Waals surface area contributed by atoms with Gasteiger partial charge in [0, 0.05) is 11.6 Å². The highest BCUT2D eigenvalue weighted by atomic mass is 79.9. The van der Waals surface area contributed by atoms with Crippen LogP contribution in [0.15, 0.2) is 22.7 Å². The molecule has 1 amide bonds. The van der Waals surface area contributed by atoms with Crippen LogP contribution in [0.3, 0.4) is 0 Å². The fourth-order valence-corrected chi connectivity index (χ4v) is 1.43. The van der Waals surface area contributed by atoms with Crippen molar-refractivity contribution < 1.29 is 14.3 Å². The van der Waals surface area contributed by atoms with Gasteiger partial charge < -0.3 is 15.2 Å². The molecule has 0 saturated carbocycles. The Hall–Kier alpha value is -1.07. The van der Waals surface area contributed by atoms with Crippen molar-refractivity contribution in [1.82, 2.24) is 0 Å². The molecule has 88 valence electrons. The molecule has 5 heteroatoms. The van der Waals surface area contributed by atoms with Crippen LogP contribution in [0, 0.1) is 6.92 Å². The predicted molar refractivity (Wildman–Crippen MR) is 64.4 cm³/mol. The number of benzene rings is 1. The summed E-state index contributed by atoms with van der Waals surface area (Å²) in [6.07, 6.45) is -0.759. The number of carbonyl (C=O) groups excluding carboxylic acids is 1. The van der Waals surface area contributed by atoms with E-state index in [4.69, 9.17) is 15.2 Å². The first-order chi connectivity index (χ1) is 7.54. The number of aryl methyl sites for hydroxylation is 1. The van der Waals surface area contributed by atoms with E-state index in [0.717, 1.165) is 10.0 Å². The summed E-state index contributed by atoms with van der Waals surface area (Å²) in [6, 6.07) is 5.45. The average Bonchev–Trinajstić information content (AvgIpc) is 2.22. The zero-order valence-corrected chi connectivity index (χ0v) is 10.8. The normalized spacial score (nSPS) is 12.2. The average molecular weight is 288 g/mol. The molecule has 0 spiro atoms. The molecule has 1 aromatic rings. The molecule has 0 aliphatic rings. The van der Waals surface area contributed by atoms with E-state index < -0.39 is 12.0 Å². The standard InChI is InChI=1S/C11H14BrNO3/c1-7-5-8(3-4-9(7)12)16-10(6-15-2)11(13)14/h3-5,10H,6H2,1-2H3,(H2,13,14). The summed E-state index contributed by atoms with van der Waals surface area (Å²) in [4.78, 5) is 11.1. The largest absolute Gasteiger partial charge is 0.478 e. The molecule has 1 aromatic carbocycles. The minimum Gasteiger partial charge on any atom is -0.478 e. The smallest absolute Gasteiger partial charge is 0.260 e. The Morgan fingerprint density at radius 1 is 1.56 bits per heavy atom. The number of nitrogens with two attached hydrogens (primary N) is 1. The van der Waals surface area contributed by atoms with Gasteiger partial charge in [-0.1, -0.05) is 15.9 Å². The molecule has 1 atom stereocenters. The molecule has 0 bridgehead atoms. The van der Waals surface area contributed by atoms with Gasteiger partial charge in [0.25, 0.3) is 5.91 Å². The van der Waals surface area contributed by atoms with E-state index >= 15 is 0 Å². The molecule has 1 unspecified atom stereocenters. The van der Waals surface area contributed by atoms with Gasteiger partial charge in [0.15, 0.2) is 6.10 Å². The predicted octanol–water partition coefficient (Wildman–Crippen LogP) is 1.64. The summed E-state index contributed by atoms with van der Waals surface area (Å²) in [5, 5.41) is 0. The molecule has 4 nitrogen and oxygen atoms in total. The van der Waals surface area contributed by atoms with E-state index in [9.17, 15) is 4.79 Å². The minimum atomic E-state index is -0.759. The Bertz CT molecular complexity index is 381. The Labute approximate surface area is 103 Å². The molecule has 0 fully saturated rings. The third-order valence-corrected chi connectivity index (χ3v) is 2.93. The first-order valence-electron chi connectivity index (χ1n) is 4.75. The van der Waals surface area contributed by atoms with Crippen LogP contribution in [0.2, 0.25) is 0 Å². The van der Waals surface area contributed by atoms with Gasteiger partial charge in [0.1, 0.15) is 5.75 Å². The van der Waals surface area contributed by atoms with E-state index in [0.29, 0.717) is 5.75 Å². The van der Waals surface area contributed by atoms with Crippen LogP contribution in [0.25, 0.3) is 0 Å². The van der Waals surface area contributed by atoms with Gasteiger partial charge in [0.05, 0.1) is 6.61 Å². The Morgan fingerprint density at radius 3 is 2.75 bits per heavy atom. The van der Waals surface area contributed by atoms with Crippen molar-refractivity contribution in [1.29, 1.82) is 0 Å². The number of amides is 1. The Morgan fingerprint density at radius 2 is 2.25 bits per heavy atom. The quantitative estimate of drug-likeness (QED) is 0.896. The molecule has 2 N–H and O–H groups in total. The summed E-state index contributed by atoms with van der Waals surface area (Å²) in [6.45, 7) is 2.08. The van der Waals surface area contributed by atoms with Crippen LogP contribution in [-0.2, 0) is 9.53 Å². The van der Waals surface area contributed by atoms with Crippen molar-refractivity contribution in [2.75, 3.05) is 13.7 Å². The molecule has 16 heavy (non-hydrogen) atoms. The molecule has 0 aliphatic carbocycles. The van der Waals surface area contributed by atoms with Crippen LogP contribution < -0.4 is 10.5 Å². The highest BCUT2D eigenvalue weighted by molar-refractivity contribution is 9.10. The molecular weight excluding hydrogens is 274 g/mol. The lowest BCUT2D eigenvalue weighted by molar-refractivity contribution is -0.126. The lowest BCUT2D eigenvalue weighted by atomic mass is 10.2. The number of primary amides is 1. The summed E-state index contributed by atoms with van der Waals surface area (Å²) in [7, 11) is 1.49. The van der Waals surface area contributed by atoms with Crippen molar-refractivity contribution in [2.45, 2.75) is 13.0 Å². The van der Waals surface area contributed by atoms with Crippen molar-refractivity contribution in [3.63, 3.8) is 0 Å². The van der Waals surface area contributed by atoms with Crippen LogP contribution in [-0.4, -0.2) is 25.7 Å². The van der Waals surface area contributed by atoms with Gasteiger partial charge in [-0.25, -0.2) is 0 Å². The van der Waals surface area contributed by atoms with Gasteiger partial charge in [0.2, 0.25) is 0 Å². The number of rotatable bonds is 5. The number of hydrogen-bond acceptors (Lipinski definition) is 3. The number of methoxy groups -OCH3 is 1. The minimum absolute atomic E-state index is 0.143. The maximum Gasteiger partial charge on any atom is 0.260 e. The zero-order chi connectivity index (χ0) is 12.1. The van der Waals surface area contributed by atoms with Gasteiger partial charge in [-0.15, -0.1) is 0 Å². The molecule has 0 saturated heterocycles. The number of hydrogen-bond donors (Lipinski definition) is 1. The number of carbonyl (C=O) groups is 1. The van der Waals surface area contributed by atoms with Crippen LogP contribution in [0.1, 0.15) is 5.56 Å². The molecular formula is C11H14BrNO3. The van der Waals surface area contributed by atoms with Crippen molar-refractivity contribution >= 4 is 21.8 Å². The maximum atomic E-state index is 11.1. The van der Waals surface area contributed by atoms with E-state index in [1.54, 1.807) is 6.07 Å². The molecule has 0 radical (unpaired) electrons.